The highest BCUT2D eigenvalue weighted by Gasteiger charge is 2.28. The van der Waals surface area contributed by atoms with E-state index in [9.17, 15) is 9.90 Å². The first kappa shape index (κ1) is 10.9. The molecule has 2 aliphatic rings. The van der Waals surface area contributed by atoms with Crippen LogP contribution in [-0.2, 0) is 4.79 Å². The van der Waals surface area contributed by atoms with Gasteiger partial charge in [-0.3, -0.25) is 4.79 Å². The fraction of sp³-hybridized carbons (Fsp3) is 0.909. The molecule has 2 heterocycles. The SMILES string of the molecule is O=C([C@H]1CCCCN1)N1CCC(O)CC1. The van der Waals surface area contributed by atoms with Crippen molar-refractivity contribution in [2.75, 3.05) is 19.6 Å². The van der Waals surface area contributed by atoms with Crippen LogP contribution in [0.1, 0.15) is 32.1 Å². The summed E-state index contributed by atoms with van der Waals surface area (Å²) < 4.78 is 0. The third kappa shape index (κ3) is 2.69. The van der Waals surface area contributed by atoms with Gasteiger partial charge in [-0.1, -0.05) is 6.42 Å². The molecule has 0 aromatic heterocycles. The van der Waals surface area contributed by atoms with Crippen LogP contribution in [0.4, 0.5) is 0 Å². The molecule has 2 rings (SSSR count). The smallest absolute Gasteiger partial charge is 0.239 e. The summed E-state index contributed by atoms with van der Waals surface area (Å²) in [4.78, 5) is 13.9. The zero-order valence-corrected chi connectivity index (χ0v) is 9.11. The number of piperidine rings is 2. The number of rotatable bonds is 1. The minimum atomic E-state index is -0.201. The zero-order chi connectivity index (χ0) is 10.7. The van der Waals surface area contributed by atoms with E-state index in [1.165, 1.54) is 6.42 Å². The second-order valence-corrected chi connectivity index (χ2v) is 4.56. The minimum absolute atomic E-state index is 0.0361. The van der Waals surface area contributed by atoms with Gasteiger partial charge < -0.3 is 15.3 Å². The second-order valence-electron chi connectivity index (χ2n) is 4.56. The summed E-state index contributed by atoms with van der Waals surface area (Å²) in [5.41, 5.74) is 0. The highest BCUT2D eigenvalue weighted by molar-refractivity contribution is 5.82. The molecule has 0 saturated carbocycles. The Morgan fingerprint density at radius 3 is 2.53 bits per heavy atom. The van der Waals surface area contributed by atoms with Gasteiger partial charge >= 0.3 is 0 Å². The number of carbonyl (C=O) groups excluding carboxylic acids is 1. The number of hydrogen-bond donors (Lipinski definition) is 2. The number of amides is 1. The molecule has 0 aromatic carbocycles. The average molecular weight is 212 g/mol. The molecule has 0 radical (unpaired) electrons. The van der Waals surface area contributed by atoms with Crippen molar-refractivity contribution < 1.29 is 9.90 Å². The topological polar surface area (TPSA) is 52.6 Å². The molecule has 1 atom stereocenters. The average Bonchev–Trinajstić information content (AvgIpc) is 2.30. The molecule has 4 heteroatoms. The van der Waals surface area contributed by atoms with Gasteiger partial charge in [-0.05, 0) is 32.2 Å². The molecule has 0 bridgehead atoms. The minimum Gasteiger partial charge on any atom is -0.393 e. The highest BCUT2D eigenvalue weighted by atomic mass is 16.3. The van der Waals surface area contributed by atoms with E-state index in [1.54, 1.807) is 0 Å². The van der Waals surface area contributed by atoms with Crippen molar-refractivity contribution in [3.63, 3.8) is 0 Å². The van der Waals surface area contributed by atoms with Gasteiger partial charge in [0.2, 0.25) is 5.91 Å². The Morgan fingerprint density at radius 1 is 1.20 bits per heavy atom. The van der Waals surface area contributed by atoms with E-state index < -0.39 is 0 Å². The number of hydrogen-bond acceptors (Lipinski definition) is 3. The van der Waals surface area contributed by atoms with Gasteiger partial charge in [0.05, 0.1) is 12.1 Å². The number of aliphatic hydroxyl groups excluding tert-OH is 1. The summed E-state index contributed by atoms with van der Waals surface area (Å²) in [6.45, 7) is 2.41. The molecular formula is C11H20N2O2. The maximum absolute atomic E-state index is 12.0. The van der Waals surface area contributed by atoms with Crippen LogP contribution in [-0.4, -0.2) is 47.7 Å². The van der Waals surface area contributed by atoms with Gasteiger partial charge in [-0.2, -0.15) is 0 Å². The van der Waals surface area contributed by atoms with Crippen molar-refractivity contribution in [2.45, 2.75) is 44.2 Å². The van der Waals surface area contributed by atoms with E-state index in [-0.39, 0.29) is 18.1 Å². The van der Waals surface area contributed by atoms with Gasteiger partial charge in [0.25, 0.3) is 0 Å². The van der Waals surface area contributed by atoms with Crippen LogP contribution in [0.5, 0.6) is 0 Å². The van der Waals surface area contributed by atoms with Gasteiger partial charge in [-0.15, -0.1) is 0 Å². The number of nitrogens with zero attached hydrogens (tertiary/aromatic N) is 1. The monoisotopic (exact) mass is 212 g/mol. The van der Waals surface area contributed by atoms with Crippen molar-refractivity contribution in [3.05, 3.63) is 0 Å². The number of aliphatic hydroxyl groups is 1. The molecular weight excluding hydrogens is 192 g/mol. The van der Waals surface area contributed by atoms with E-state index in [1.807, 2.05) is 4.90 Å². The molecule has 86 valence electrons. The first-order valence-corrected chi connectivity index (χ1v) is 5.97. The summed E-state index contributed by atoms with van der Waals surface area (Å²) in [6, 6.07) is 0.0361. The maximum atomic E-state index is 12.0. The maximum Gasteiger partial charge on any atom is 0.239 e. The predicted molar refractivity (Wildman–Crippen MR) is 57.5 cm³/mol. The fourth-order valence-corrected chi connectivity index (χ4v) is 2.37. The fourth-order valence-electron chi connectivity index (χ4n) is 2.37. The molecule has 2 N–H and O–H groups in total. The summed E-state index contributed by atoms with van der Waals surface area (Å²) in [6.07, 6.45) is 4.57. The van der Waals surface area contributed by atoms with Crippen molar-refractivity contribution in [1.82, 2.24) is 10.2 Å². The molecule has 2 saturated heterocycles. The van der Waals surface area contributed by atoms with Gasteiger partial charge in [0.15, 0.2) is 0 Å². The Hall–Kier alpha value is -0.610. The zero-order valence-electron chi connectivity index (χ0n) is 9.11. The molecule has 0 unspecified atom stereocenters. The number of carbonyl (C=O) groups is 1. The molecule has 0 aromatic rings. The van der Waals surface area contributed by atoms with Gasteiger partial charge in [-0.25, -0.2) is 0 Å². The van der Waals surface area contributed by atoms with Crippen LogP contribution >= 0.6 is 0 Å². The third-order valence-electron chi connectivity index (χ3n) is 3.38. The Kier molecular flexibility index (Phi) is 3.59. The van der Waals surface area contributed by atoms with Crippen LogP contribution in [0.15, 0.2) is 0 Å². The lowest BCUT2D eigenvalue weighted by Crippen LogP contribution is -2.51. The summed E-state index contributed by atoms with van der Waals surface area (Å²) in [5.74, 6) is 0.238. The van der Waals surface area contributed by atoms with E-state index in [2.05, 4.69) is 5.32 Å². The highest BCUT2D eigenvalue weighted by Crippen LogP contribution is 2.14. The van der Waals surface area contributed by atoms with Crippen molar-refractivity contribution in [3.8, 4) is 0 Å². The summed E-state index contributed by atoms with van der Waals surface area (Å²) in [7, 11) is 0. The Morgan fingerprint density at radius 2 is 1.93 bits per heavy atom. The predicted octanol–water partition coefficient (Wildman–Crippen LogP) is 0.112. The van der Waals surface area contributed by atoms with Crippen molar-refractivity contribution in [2.24, 2.45) is 0 Å². The van der Waals surface area contributed by atoms with Crippen LogP contribution in [0.3, 0.4) is 0 Å². The first-order valence-electron chi connectivity index (χ1n) is 5.97. The van der Waals surface area contributed by atoms with E-state index in [4.69, 9.17) is 0 Å². The lowest BCUT2D eigenvalue weighted by molar-refractivity contribution is -0.136. The summed E-state index contributed by atoms with van der Waals surface area (Å²) in [5, 5.41) is 12.6. The lowest BCUT2D eigenvalue weighted by Gasteiger charge is -2.34. The van der Waals surface area contributed by atoms with Gasteiger partial charge in [0.1, 0.15) is 0 Å². The molecule has 4 nitrogen and oxygen atoms in total. The van der Waals surface area contributed by atoms with Crippen LogP contribution in [0, 0.1) is 0 Å². The van der Waals surface area contributed by atoms with Crippen molar-refractivity contribution >= 4 is 5.91 Å². The van der Waals surface area contributed by atoms with Crippen LogP contribution < -0.4 is 5.32 Å². The molecule has 15 heavy (non-hydrogen) atoms. The Labute approximate surface area is 90.6 Å². The third-order valence-corrected chi connectivity index (χ3v) is 3.38. The second kappa shape index (κ2) is 4.94. The number of likely N-dealkylation sites (tertiary alicyclic amines) is 1. The molecule has 0 aliphatic carbocycles. The molecule has 2 fully saturated rings. The van der Waals surface area contributed by atoms with E-state index in [0.29, 0.717) is 0 Å². The van der Waals surface area contributed by atoms with Crippen LogP contribution in [0.2, 0.25) is 0 Å². The quantitative estimate of drug-likeness (QED) is 0.649. The lowest BCUT2D eigenvalue weighted by atomic mass is 10.0. The van der Waals surface area contributed by atoms with Crippen LogP contribution in [0.25, 0.3) is 0 Å². The molecule has 1 amide bonds. The van der Waals surface area contributed by atoms with E-state index in [0.717, 1.165) is 45.3 Å². The first-order chi connectivity index (χ1) is 7.27. The molecule has 0 spiro atoms. The number of nitrogens with one attached hydrogen (secondary N) is 1. The standard InChI is InChI=1S/C11H20N2O2/c14-9-4-7-13(8-5-9)11(15)10-3-1-2-6-12-10/h9-10,12,14H,1-8H2/t10-/m1/s1. The Balaban J connectivity index is 1.84. The normalized spacial score (nSPS) is 29.1. The van der Waals surface area contributed by atoms with Crippen molar-refractivity contribution in [1.29, 1.82) is 0 Å². The Bertz CT molecular complexity index is 219. The molecule has 2 aliphatic heterocycles. The largest absolute Gasteiger partial charge is 0.393 e. The van der Waals surface area contributed by atoms with Gasteiger partial charge in [0, 0.05) is 13.1 Å². The van der Waals surface area contributed by atoms with E-state index >= 15 is 0 Å². The summed E-state index contributed by atoms with van der Waals surface area (Å²) >= 11 is 0.